The second kappa shape index (κ2) is 8.71. The SMILES string of the molecule is Cc1ccc(NC(=O)Nc2ccc(C)c(C3CC4CNC(C)CC4N(C)C3=O)c2)cc1. The van der Waals surface area contributed by atoms with Crippen LogP contribution in [-0.4, -0.2) is 42.5 Å². The van der Waals surface area contributed by atoms with E-state index in [1.54, 1.807) is 0 Å². The molecule has 2 fully saturated rings. The second-order valence-electron chi connectivity index (χ2n) is 9.13. The highest BCUT2D eigenvalue weighted by atomic mass is 16.2. The number of anilines is 2. The molecule has 0 aromatic heterocycles. The molecular weight excluding hydrogens is 388 g/mol. The predicted octanol–water partition coefficient (Wildman–Crippen LogP) is 4.26. The molecule has 0 bridgehead atoms. The molecular formula is C25H32N4O2. The first-order valence-corrected chi connectivity index (χ1v) is 11.1. The van der Waals surface area contributed by atoms with Gasteiger partial charge >= 0.3 is 6.03 Å². The Kier molecular flexibility index (Phi) is 6.01. The van der Waals surface area contributed by atoms with Gasteiger partial charge in [0.25, 0.3) is 0 Å². The predicted molar refractivity (Wildman–Crippen MR) is 124 cm³/mol. The first-order chi connectivity index (χ1) is 14.8. The van der Waals surface area contributed by atoms with Crippen molar-refractivity contribution in [2.24, 2.45) is 5.92 Å². The van der Waals surface area contributed by atoms with Crippen LogP contribution in [0.5, 0.6) is 0 Å². The smallest absolute Gasteiger partial charge is 0.323 e. The van der Waals surface area contributed by atoms with Crippen LogP contribution in [0.15, 0.2) is 42.5 Å². The number of likely N-dealkylation sites (N-methyl/N-ethyl adjacent to an activating group) is 1. The number of carbonyl (C=O) groups excluding carboxylic acids is 2. The standard InChI is InChI=1S/C25H32N4O2/c1-15-5-8-19(9-6-15)27-25(31)28-20-10-7-16(2)21(13-20)22-12-18-14-26-17(3)11-23(18)29(4)24(22)30/h5-10,13,17-18,22-23,26H,11-12,14H2,1-4H3,(H2,27,28,31). The molecule has 164 valence electrons. The van der Waals surface area contributed by atoms with Gasteiger partial charge in [0.2, 0.25) is 5.91 Å². The third-order valence-electron chi connectivity index (χ3n) is 6.77. The summed E-state index contributed by atoms with van der Waals surface area (Å²) in [6.07, 6.45) is 1.84. The minimum Gasteiger partial charge on any atom is -0.342 e. The van der Waals surface area contributed by atoms with E-state index in [-0.39, 0.29) is 17.9 Å². The maximum absolute atomic E-state index is 13.2. The Morgan fingerprint density at radius 2 is 1.71 bits per heavy atom. The van der Waals surface area contributed by atoms with Gasteiger partial charge in [0.1, 0.15) is 0 Å². The number of urea groups is 1. The molecule has 6 nitrogen and oxygen atoms in total. The van der Waals surface area contributed by atoms with Crippen molar-refractivity contribution in [3.05, 3.63) is 59.2 Å². The number of aryl methyl sites for hydroxylation is 2. The highest BCUT2D eigenvalue weighted by molar-refractivity contribution is 6.00. The Labute approximate surface area is 184 Å². The van der Waals surface area contributed by atoms with Gasteiger partial charge in [-0.2, -0.15) is 0 Å². The zero-order chi connectivity index (χ0) is 22.1. The van der Waals surface area contributed by atoms with Crippen LogP contribution in [0.4, 0.5) is 16.2 Å². The summed E-state index contributed by atoms with van der Waals surface area (Å²) >= 11 is 0. The summed E-state index contributed by atoms with van der Waals surface area (Å²) in [6, 6.07) is 13.9. The Morgan fingerprint density at radius 3 is 2.45 bits per heavy atom. The summed E-state index contributed by atoms with van der Waals surface area (Å²) in [5.41, 5.74) is 4.65. The molecule has 31 heavy (non-hydrogen) atoms. The van der Waals surface area contributed by atoms with E-state index in [2.05, 4.69) is 22.9 Å². The molecule has 2 aliphatic rings. The number of fused-ring (bicyclic) bond motifs is 1. The third kappa shape index (κ3) is 4.59. The molecule has 2 aromatic carbocycles. The van der Waals surface area contributed by atoms with Crippen LogP contribution in [0.1, 0.15) is 42.4 Å². The number of nitrogens with one attached hydrogen (secondary N) is 3. The fourth-order valence-electron chi connectivity index (χ4n) is 4.94. The summed E-state index contributed by atoms with van der Waals surface area (Å²) in [5.74, 6) is 0.452. The highest BCUT2D eigenvalue weighted by Gasteiger charge is 2.43. The van der Waals surface area contributed by atoms with Crippen LogP contribution in [0.3, 0.4) is 0 Å². The molecule has 2 aliphatic heterocycles. The van der Waals surface area contributed by atoms with Crippen molar-refractivity contribution in [2.75, 3.05) is 24.2 Å². The molecule has 0 spiro atoms. The first kappa shape index (κ1) is 21.4. The van der Waals surface area contributed by atoms with Gasteiger partial charge in [0.15, 0.2) is 0 Å². The largest absolute Gasteiger partial charge is 0.342 e. The molecule has 6 heteroatoms. The normalized spacial score (nSPS) is 25.7. The van der Waals surface area contributed by atoms with Crippen molar-refractivity contribution in [1.82, 2.24) is 10.2 Å². The van der Waals surface area contributed by atoms with E-state index in [4.69, 9.17) is 0 Å². The fraction of sp³-hybridized carbons (Fsp3) is 0.440. The number of carbonyl (C=O) groups is 2. The van der Waals surface area contributed by atoms with Crippen LogP contribution in [0, 0.1) is 19.8 Å². The molecule has 3 N–H and O–H groups in total. The highest BCUT2D eigenvalue weighted by Crippen LogP contribution is 2.39. The molecule has 0 saturated carbocycles. The Bertz CT molecular complexity index is 972. The van der Waals surface area contributed by atoms with Crippen molar-refractivity contribution in [1.29, 1.82) is 0 Å². The third-order valence-corrected chi connectivity index (χ3v) is 6.77. The number of hydrogen-bond donors (Lipinski definition) is 3. The van der Waals surface area contributed by atoms with Crippen LogP contribution < -0.4 is 16.0 Å². The first-order valence-electron chi connectivity index (χ1n) is 11.1. The molecule has 0 radical (unpaired) electrons. The van der Waals surface area contributed by atoms with E-state index < -0.39 is 0 Å². The number of nitrogens with zero attached hydrogens (tertiary/aromatic N) is 1. The van der Waals surface area contributed by atoms with E-state index in [0.29, 0.717) is 23.7 Å². The monoisotopic (exact) mass is 420 g/mol. The number of likely N-dealkylation sites (tertiary alicyclic amines) is 1. The molecule has 2 heterocycles. The number of amides is 3. The Morgan fingerprint density at radius 1 is 1.03 bits per heavy atom. The summed E-state index contributed by atoms with van der Waals surface area (Å²) < 4.78 is 0. The van der Waals surface area contributed by atoms with Gasteiger partial charge in [-0.3, -0.25) is 4.79 Å². The fourth-order valence-corrected chi connectivity index (χ4v) is 4.94. The van der Waals surface area contributed by atoms with Crippen molar-refractivity contribution in [2.45, 2.75) is 51.6 Å². The summed E-state index contributed by atoms with van der Waals surface area (Å²) in [5, 5.41) is 9.33. The van der Waals surface area contributed by atoms with Crippen molar-refractivity contribution >= 4 is 23.3 Å². The van der Waals surface area contributed by atoms with Gasteiger partial charge in [-0.05, 0) is 74.9 Å². The zero-order valence-electron chi connectivity index (χ0n) is 18.7. The van der Waals surface area contributed by atoms with Crippen LogP contribution in [0.2, 0.25) is 0 Å². The quantitative estimate of drug-likeness (QED) is 0.695. The summed E-state index contributed by atoms with van der Waals surface area (Å²) in [6.45, 7) is 7.16. The molecule has 0 aliphatic carbocycles. The lowest BCUT2D eigenvalue weighted by molar-refractivity contribution is -0.140. The number of benzene rings is 2. The van der Waals surface area contributed by atoms with Crippen molar-refractivity contribution < 1.29 is 9.59 Å². The van der Waals surface area contributed by atoms with E-state index >= 15 is 0 Å². The average molecular weight is 421 g/mol. The van der Waals surface area contributed by atoms with E-state index in [1.807, 2.05) is 68.3 Å². The lowest BCUT2D eigenvalue weighted by atomic mass is 9.75. The van der Waals surface area contributed by atoms with Crippen molar-refractivity contribution in [3.63, 3.8) is 0 Å². The molecule has 3 amide bonds. The van der Waals surface area contributed by atoms with Gasteiger partial charge in [-0.25, -0.2) is 4.79 Å². The van der Waals surface area contributed by atoms with Gasteiger partial charge in [-0.1, -0.05) is 23.8 Å². The van der Waals surface area contributed by atoms with Crippen LogP contribution in [0.25, 0.3) is 0 Å². The van der Waals surface area contributed by atoms with Gasteiger partial charge in [0.05, 0.1) is 5.92 Å². The zero-order valence-corrected chi connectivity index (χ0v) is 18.7. The van der Waals surface area contributed by atoms with Crippen LogP contribution >= 0.6 is 0 Å². The van der Waals surface area contributed by atoms with Gasteiger partial charge < -0.3 is 20.9 Å². The number of hydrogen-bond acceptors (Lipinski definition) is 3. The average Bonchev–Trinajstić information content (AvgIpc) is 2.74. The van der Waals surface area contributed by atoms with Crippen molar-refractivity contribution in [3.8, 4) is 0 Å². The Balaban J connectivity index is 1.50. The molecule has 2 aromatic rings. The molecule has 4 unspecified atom stereocenters. The van der Waals surface area contributed by atoms with E-state index in [9.17, 15) is 9.59 Å². The maximum atomic E-state index is 13.2. The van der Waals surface area contributed by atoms with E-state index in [1.165, 1.54) is 0 Å². The molecule has 4 atom stereocenters. The molecule has 4 rings (SSSR count). The minimum absolute atomic E-state index is 0.177. The minimum atomic E-state index is -0.295. The maximum Gasteiger partial charge on any atom is 0.323 e. The van der Waals surface area contributed by atoms with Gasteiger partial charge in [0, 0.05) is 37.1 Å². The Hall–Kier alpha value is -2.86. The van der Waals surface area contributed by atoms with Crippen LogP contribution in [-0.2, 0) is 4.79 Å². The second-order valence-corrected chi connectivity index (χ2v) is 9.13. The van der Waals surface area contributed by atoms with E-state index in [0.717, 1.165) is 41.8 Å². The lowest BCUT2D eigenvalue weighted by Gasteiger charge is -2.47. The lowest BCUT2D eigenvalue weighted by Crippen LogP contribution is -2.57. The van der Waals surface area contributed by atoms with Gasteiger partial charge in [-0.15, -0.1) is 0 Å². The summed E-state index contributed by atoms with van der Waals surface area (Å²) in [7, 11) is 1.94. The molecule has 2 saturated heterocycles. The number of rotatable bonds is 3. The topological polar surface area (TPSA) is 73.5 Å². The number of piperidine rings is 2. The summed E-state index contributed by atoms with van der Waals surface area (Å²) in [4.78, 5) is 27.7.